The third-order valence-corrected chi connectivity index (χ3v) is 10.1. The highest BCUT2D eigenvalue weighted by atomic mass is 16.3. The van der Waals surface area contributed by atoms with Crippen LogP contribution in [0.25, 0.3) is 0 Å². The van der Waals surface area contributed by atoms with Gasteiger partial charge in [0.2, 0.25) is 0 Å². The maximum absolute atomic E-state index is 11.8. The van der Waals surface area contributed by atoms with E-state index >= 15 is 0 Å². The van der Waals surface area contributed by atoms with Crippen LogP contribution in [-0.4, -0.2) is 20.4 Å². The normalized spacial score (nSPS) is 12.5. The van der Waals surface area contributed by atoms with Crippen LogP contribution in [0.2, 0.25) is 0 Å². The van der Waals surface area contributed by atoms with Crippen molar-refractivity contribution in [3.63, 3.8) is 0 Å². The van der Waals surface area contributed by atoms with E-state index < -0.39 is 0 Å². The van der Waals surface area contributed by atoms with Gasteiger partial charge in [-0.15, -0.1) is 0 Å². The van der Waals surface area contributed by atoms with E-state index in [9.17, 15) is 20.4 Å². The number of phenols is 4. The summed E-state index contributed by atoms with van der Waals surface area (Å²) in [5, 5.41) is 47.0. The molecule has 0 atom stereocenters. The quantitative estimate of drug-likeness (QED) is 0.143. The van der Waals surface area contributed by atoms with Gasteiger partial charge in [0.05, 0.1) is 0 Å². The second kappa shape index (κ2) is 14.2. The Bertz CT molecular complexity index is 1910. The molecule has 4 nitrogen and oxygen atoms in total. The van der Waals surface area contributed by atoms with Crippen molar-refractivity contribution in [1.82, 2.24) is 0 Å². The molecule has 6 aromatic carbocycles. The van der Waals surface area contributed by atoms with Crippen LogP contribution >= 0.6 is 0 Å². The van der Waals surface area contributed by atoms with Gasteiger partial charge in [-0.05, 0) is 106 Å². The third kappa shape index (κ3) is 7.25. The summed E-state index contributed by atoms with van der Waals surface area (Å²) in [6.07, 6.45) is 4.69. The summed E-state index contributed by atoms with van der Waals surface area (Å²) in [7, 11) is 0. The largest absolute Gasteiger partial charge is 0.507 e. The van der Waals surface area contributed by atoms with E-state index in [0.29, 0.717) is 25.7 Å². The van der Waals surface area contributed by atoms with Gasteiger partial charge in [-0.1, -0.05) is 120 Å². The van der Waals surface area contributed by atoms with E-state index in [4.69, 9.17) is 0 Å². The zero-order valence-electron chi connectivity index (χ0n) is 28.8. The maximum atomic E-state index is 11.8. The van der Waals surface area contributed by atoms with E-state index in [2.05, 4.69) is 72.8 Å². The first kappa shape index (κ1) is 33.0. The molecular formula is C46H44O4. The van der Waals surface area contributed by atoms with Crippen molar-refractivity contribution in [1.29, 1.82) is 0 Å². The van der Waals surface area contributed by atoms with Crippen LogP contribution in [0, 0.1) is 13.8 Å². The van der Waals surface area contributed by atoms with Crippen molar-refractivity contribution >= 4 is 0 Å². The number of hydrogen-bond acceptors (Lipinski definition) is 4. The van der Waals surface area contributed by atoms with Crippen LogP contribution in [0.4, 0.5) is 0 Å². The summed E-state index contributed by atoms with van der Waals surface area (Å²) < 4.78 is 0. The van der Waals surface area contributed by atoms with Crippen LogP contribution in [0.5, 0.6) is 23.0 Å². The van der Waals surface area contributed by atoms with Crippen molar-refractivity contribution in [3.8, 4) is 23.0 Å². The van der Waals surface area contributed by atoms with Crippen molar-refractivity contribution in [2.24, 2.45) is 0 Å². The van der Waals surface area contributed by atoms with E-state index in [1.807, 2.05) is 50.2 Å². The first-order valence-corrected chi connectivity index (χ1v) is 17.6. The van der Waals surface area contributed by atoms with E-state index in [1.54, 1.807) is 0 Å². The number of aryl methyl sites for hydroxylation is 6. The third-order valence-electron chi connectivity index (χ3n) is 10.1. The standard InChI is InChI=1S/C46H44O4/c1-29-17-35-25-39-21-33(15-13-31-9-5-3-6-10-31)23-41(45(39)49)27-37-19-30(2)20-38(44(37)48)28-42-24-34(16-14-32-11-7-4-8-12-32)22-40(46(42)50)26-36(18-29)43(35)47/h3-12,17-24,47-50H,13-16,25-28H2,1-2H3. The van der Waals surface area contributed by atoms with Gasteiger partial charge in [-0.2, -0.15) is 0 Å². The van der Waals surface area contributed by atoms with E-state index in [1.165, 1.54) is 11.1 Å². The molecule has 50 heavy (non-hydrogen) atoms. The van der Waals surface area contributed by atoms with Crippen molar-refractivity contribution in [3.05, 3.63) is 187 Å². The first-order chi connectivity index (χ1) is 24.2. The predicted molar refractivity (Wildman–Crippen MR) is 201 cm³/mol. The van der Waals surface area contributed by atoms with E-state index in [0.717, 1.165) is 92.4 Å². The Hall–Kier alpha value is -5.48. The Morgan fingerprint density at radius 3 is 0.860 bits per heavy atom. The molecule has 0 spiro atoms. The second-order valence-electron chi connectivity index (χ2n) is 14.1. The lowest BCUT2D eigenvalue weighted by molar-refractivity contribution is 0.450. The lowest BCUT2D eigenvalue weighted by Crippen LogP contribution is -2.04. The molecule has 0 saturated carbocycles. The van der Waals surface area contributed by atoms with Crippen LogP contribution in [0.15, 0.2) is 109 Å². The fourth-order valence-corrected chi connectivity index (χ4v) is 7.59. The summed E-state index contributed by atoms with van der Waals surface area (Å²) >= 11 is 0. The lowest BCUT2D eigenvalue weighted by atomic mass is 9.88. The molecule has 0 aromatic heterocycles. The van der Waals surface area contributed by atoms with Crippen LogP contribution in [0.1, 0.15) is 77.9 Å². The molecule has 6 aromatic rings. The fraction of sp³-hybridized carbons (Fsp3) is 0.217. The Balaban J connectivity index is 1.36. The molecule has 0 fully saturated rings. The van der Waals surface area contributed by atoms with Gasteiger partial charge in [0.1, 0.15) is 23.0 Å². The summed E-state index contributed by atoms with van der Waals surface area (Å²) in [5.74, 6) is 0.757. The minimum Gasteiger partial charge on any atom is -0.507 e. The SMILES string of the molecule is Cc1cc2c(O)c(c1)Cc1cc(CCc3ccccc3)cc(c1O)Cc1cc(C)cc(c1O)Cc1cc(CCc3ccccc3)cc(c1O)C2. The van der Waals surface area contributed by atoms with Gasteiger partial charge >= 0.3 is 0 Å². The van der Waals surface area contributed by atoms with Crippen LogP contribution in [-0.2, 0) is 51.4 Å². The van der Waals surface area contributed by atoms with Crippen molar-refractivity contribution < 1.29 is 20.4 Å². The minimum atomic E-state index is 0.187. The Morgan fingerprint density at radius 1 is 0.340 bits per heavy atom. The average Bonchev–Trinajstić information content (AvgIpc) is 3.11. The Morgan fingerprint density at radius 2 is 0.580 bits per heavy atom. The number of hydrogen-bond donors (Lipinski definition) is 4. The smallest absolute Gasteiger partial charge is 0.122 e. The molecule has 0 unspecified atom stereocenters. The fourth-order valence-electron chi connectivity index (χ4n) is 7.59. The number of fused-ring (bicyclic) bond motifs is 8. The summed E-state index contributed by atoms with van der Waals surface area (Å²) in [4.78, 5) is 0. The van der Waals surface area contributed by atoms with Gasteiger partial charge < -0.3 is 20.4 Å². The maximum Gasteiger partial charge on any atom is 0.122 e. The zero-order chi connectivity index (χ0) is 34.8. The monoisotopic (exact) mass is 660 g/mol. The second-order valence-corrected chi connectivity index (χ2v) is 14.1. The van der Waals surface area contributed by atoms with Gasteiger partial charge in [0, 0.05) is 25.7 Å². The number of aromatic hydroxyl groups is 4. The molecule has 0 aliphatic heterocycles. The van der Waals surface area contributed by atoms with Crippen molar-refractivity contribution in [2.45, 2.75) is 65.2 Å². The molecule has 7 rings (SSSR count). The van der Waals surface area contributed by atoms with E-state index in [-0.39, 0.29) is 23.0 Å². The summed E-state index contributed by atoms with van der Waals surface area (Å²) in [6, 6.07) is 36.9. The zero-order valence-corrected chi connectivity index (χ0v) is 28.8. The average molecular weight is 661 g/mol. The molecule has 8 bridgehead atoms. The topological polar surface area (TPSA) is 80.9 Å². The highest BCUT2D eigenvalue weighted by Gasteiger charge is 2.21. The number of benzene rings is 6. The molecule has 4 heteroatoms. The molecule has 1 aliphatic rings. The lowest BCUT2D eigenvalue weighted by Gasteiger charge is -2.20. The molecular weight excluding hydrogens is 617 g/mol. The molecule has 252 valence electrons. The van der Waals surface area contributed by atoms with Gasteiger partial charge in [-0.3, -0.25) is 0 Å². The minimum absolute atomic E-state index is 0.187. The highest BCUT2D eigenvalue weighted by Crippen LogP contribution is 2.39. The summed E-state index contributed by atoms with van der Waals surface area (Å²) in [5.41, 5.74) is 12.6. The predicted octanol–water partition coefficient (Wildman–Crippen LogP) is 9.37. The van der Waals surface area contributed by atoms with Gasteiger partial charge in [0.25, 0.3) is 0 Å². The molecule has 4 N–H and O–H groups in total. The van der Waals surface area contributed by atoms with Gasteiger partial charge in [-0.25, -0.2) is 0 Å². The molecule has 0 saturated heterocycles. The number of phenolic OH excluding ortho intramolecular Hbond substituents is 4. The Kier molecular flexibility index (Phi) is 9.36. The Labute approximate surface area is 295 Å². The highest BCUT2D eigenvalue weighted by molar-refractivity contribution is 5.57. The van der Waals surface area contributed by atoms with Gasteiger partial charge in [0.15, 0.2) is 0 Å². The molecule has 0 heterocycles. The first-order valence-electron chi connectivity index (χ1n) is 17.6. The summed E-state index contributed by atoms with van der Waals surface area (Å²) in [6.45, 7) is 4.04. The molecule has 1 aliphatic carbocycles. The molecule has 0 radical (unpaired) electrons. The van der Waals surface area contributed by atoms with Crippen LogP contribution in [0.3, 0.4) is 0 Å². The van der Waals surface area contributed by atoms with Crippen LogP contribution < -0.4 is 0 Å². The van der Waals surface area contributed by atoms with Crippen molar-refractivity contribution in [2.75, 3.05) is 0 Å². The number of rotatable bonds is 6. The molecule has 0 amide bonds.